The summed E-state index contributed by atoms with van der Waals surface area (Å²) in [5.74, 6) is 0. The van der Waals surface area contributed by atoms with Gasteiger partial charge >= 0.3 is 0 Å². The molecule has 1 atom stereocenters. The van der Waals surface area contributed by atoms with Gasteiger partial charge in [0.2, 0.25) is 0 Å². The molecule has 0 saturated carbocycles. The number of hydrogen-bond acceptors (Lipinski definition) is 4. The Labute approximate surface area is 102 Å². The molecule has 1 aromatic heterocycles. The molecule has 0 aliphatic heterocycles. The third-order valence-corrected chi connectivity index (χ3v) is 3.27. The maximum absolute atomic E-state index is 5.09. The van der Waals surface area contributed by atoms with Gasteiger partial charge in [-0.1, -0.05) is 6.92 Å². The van der Waals surface area contributed by atoms with Gasteiger partial charge < -0.3 is 10.1 Å². The number of nitrogens with zero attached hydrogens (tertiary/aromatic N) is 1. The standard InChI is InChI=1S/C12H22N2OS/c1-4-7-13-11(6-5-8-15-3)12-9-16-10(2)14-12/h9,11,13H,4-8H2,1-3H3. The Hall–Kier alpha value is -0.450. The SMILES string of the molecule is CCCNC(CCCOC)c1csc(C)n1. The highest BCUT2D eigenvalue weighted by atomic mass is 32.1. The van der Waals surface area contributed by atoms with E-state index in [2.05, 4.69) is 29.5 Å². The second kappa shape index (κ2) is 7.76. The molecule has 0 aliphatic carbocycles. The fraction of sp³-hybridized carbons (Fsp3) is 0.750. The Morgan fingerprint density at radius 3 is 2.94 bits per heavy atom. The monoisotopic (exact) mass is 242 g/mol. The minimum absolute atomic E-state index is 0.389. The van der Waals surface area contributed by atoms with Crippen molar-refractivity contribution in [3.8, 4) is 0 Å². The van der Waals surface area contributed by atoms with Crippen LogP contribution in [0, 0.1) is 6.92 Å². The van der Waals surface area contributed by atoms with Crippen molar-refractivity contribution < 1.29 is 4.74 Å². The van der Waals surface area contributed by atoms with E-state index in [0.29, 0.717) is 6.04 Å². The second-order valence-electron chi connectivity index (χ2n) is 3.93. The van der Waals surface area contributed by atoms with Crippen molar-refractivity contribution in [2.75, 3.05) is 20.3 Å². The highest BCUT2D eigenvalue weighted by Crippen LogP contribution is 2.20. The van der Waals surface area contributed by atoms with Gasteiger partial charge in [-0.3, -0.25) is 0 Å². The predicted octanol–water partition coefficient (Wildman–Crippen LogP) is 2.92. The van der Waals surface area contributed by atoms with Crippen LogP contribution in [-0.2, 0) is 4.74 Å². The van der Waals surface area contributed by atoms with Gasteiger partial charge in [-0.05, 0) is 32.7 Å². The summed E-state index contributed by atoms with van der Waals surface area (Å²) in [6, 6.07) is 0.389. The Bertz CT molecular complexity index is 288. The van der Waals surface area contributed by atoms with Crippen molar-refractivity contribution in [2.45, 2.75) is 39.2 Å². The summed E-state index contributed by atoms with van der Waals surface area (Å²) in [5, 5.41) is 6.85. The zero-order valence-electron chi connectivity index (χ0n) is 10.5. The predicted molar refractivity (Wildman–Crippen MR) is 69.0 cm³/mol. The average Bonchev–Trinajstić information content (AvgIpc) is 2.70. The third kappa shape index (κ3) is 4.60. The molecule has 16 heavy (non-hydrogen) atoms. The molecule has 0 fully saturated rings. The molecule has 3 nitrogen and oxygen atoms in total. The topological polar surface area (TPSA) is 34.1 Å². The number of aryl methyl sites for hydroxylation is 1. The summed E-state index contributed by atoms with van der Waals surface area (Å²) in [6.45, 7) is 6.12. The van der Waals surface area contributed by atoms with Crippen LogP contribution in [0.25, 0.3) is 0 Å². The number of nitrogens with one attached hydrogen (secondary N) is 1. The van der Waals surface area contributed by atoms with E-state index in [4.69, 9.17) is 4.74 Å². The molecule has 1 rings (SSSR count). The van der Waals surface area contributed by atoms with E-state index in [1.165, 1.54) is 5.69 Å². The molecule has 0 radical (unpaired) electrons. The number of methoxy groups -OCH3 is 1. The van der Waals surface area contributed by atoms with Gasteiger partial charge in [0.15, 0.2) is 0 Å². The molecule has 0 spiro atoms. The molecule has 1 heterocycles. The number of hydrogen-bond donors (Lipinski definition) is 1. The summed E-state index contributed by atoms with van der Waals surface area (Å²) < 4.78 is 5.09. The lowest BCUT2D eigenvalue weighted by Gasteiger charge is -2.16. The van der Waals surface area contributed by atoms with E-state index in [1.54, 1.807) is 18.4 Å². The highest BCUT2D eigenvalue weighted by molar-refractivity contribution is 7.09. The van der Waals surface area contributed by atoms with E-state index < -0.39 is 0 Å². The van der Waals surface area contributed by atoms with Crippen molar-refractivity contribution >= 4 is 11.3 Å². The van der Waals surface area contributed by atoms with Crippen LogP contribution < -0.4 is 5.32 Å². The Kier molecular flexibility index (Phi) is 6.61. The van der Waals surface area contributed by atoms with Gasteiger partial charge in [-0.25, -0.2) is 4.98 Å². The average molecular weight is 242 g/mol. The van der Waals surface area contributed by atoms with Crippen LogP contribution in [0.1, 0.15) is 42.9 Å². The van der Waals surface area contributed by atoms with Crippen LogP contribution >= 0.6 is 11.3 Å². The molecule has 92 valence electrons. The largest absolute Gasteiger partial charge is 0.385 e. The van der Waals surface area contributed by atoms with E-state index in [1.807, 2.05) is 0 Å². The molecule has 0 saturated heterocycles. The quantitative estimate of drug-likeness (QED) is 0.712. The second-order valence-corrected chi connectivity index (χ2v) is 5.00. The normalized spacial score (nSPS) is 12.9. The fourth-order valence-corrected chi connectivity index (χ4v) is 2.31. The highest BCUT2D eigenvalue weighted by Gasteiger charge is 2.12. The molecule has 1 N–H and O–H groups in total. The molecular weight excluding hydrogens is 220 g/mol. The molecule has 4 heteroatoms. The third-order valence-electron chi connectivity index (χ3n) is 2.48. The van der Waals surface area contributed by atoms with Gasteiger partial charge in [0, 0.05) is 19.1 Å². The van der Waals surface area contributed by atoms with Crippen molar-refractivity contribution in [3.05, 3.63) is 16.1 Å². The smallest absolute Gasteiger partial charge is 0.0898 e. The lowest BCUT2D eigenvalue weighted by atomic mass is 10.1. The van der Waals surface area contributed by atoms with Gasteiger partial charge in [0.1, 0.15) is 0 Å². The van der Waals surface area contributed by atoms with E-state index >= 15 is 0 Å². The van der Waals surface area contributed by atoms with Gasteiger partial charge in [0.25, 0.3) is 0 Å². The first kappa shape index (κ1) is 13.6. The van der Waals surface area contributed by atoms with Gasteiger partial charge in [0.05, 0.1) is 16.7 Å². The minimum atomic E-state index is 0.389. The van der Waals surface area contributed by atoms with Gasteiger partial charge in [-0.2, -0.15) is 0 Å². The number of rotatable bonds is 8. The minimum Gasteiger partial charge on any atom is -0.385 e. The molecule has 0 bridgehead atoms. The van der Waals surface area contributed by atoms with Crippen molar-refractivity contribution in [3.63, 3.8) is 0 Å². The number of ether oxygens (including phenoxy) is 1. The maximum atomic E-state index is 5.09. The molecule has 1 aromatic rings. The maximum Gasteiger partial charge on any atom is 0.0898 e. The van der Waals surface area contributed by atoms with Crippen LogP contribution in [0.3, 0.4) is 0 Å². The Morgan fingerprint density at radius 2 is 2.38 bits per heavy atom. The van der Waals surface area contributed by atoms with Crippen LogP contribution in [0.4, 0.5) is 0 Å². The van der Waals surface area contributed by atoms with Crippen LogP contribution in [0.15, 0.2) is 5.38 Å². The van der Waals surface area contributed by atoms with Crippen LogP contribution in [0.2, 0.25) is 0 Å². The summed E-state index contributed by atoms with van der Waals surface area (Å²) in [7, 11) is 1.75. The van der Waals surface area contributed by atoms with Crippen molar-refractivity contribution in [1.29, 1.82) is 0 Å². The molecule has 1 unspecified atom stereocenters. The first-order valence-corrected chi connectivity index (χ1v) is 6.80. The number of aromatic nitrogens is 1. The lowest BCUT2D eigenvalue weighted by molar-refractivity contribution is 0.188. The Morgan fingerprint density at radius 1 is 1.56 bits per heavy atom. The Balaban J connectivity index is 2.49. The zero-order valence-corrected chi connectivity index (χ0v) is 11.3. The molecule has 0 aliphatic rings. The molecule has 0 amide bonds. The van der Waals surface area contributed by atoms with Crippen LogP contribution in [-0.4, -0.2) is 25.2 Å². The summed E-state index contributed by atoms with van der Waals surface area (Å²) >= 11 is 1.72. The summed E-state index contributed by atoms with van der Waals surface area (Å²) in [4.78, 5) is 4.56. The van der Waals surface area contributed by atoms with E-state index in [9.17, 15) is 0 Å². The van der Waals surface area contributed by atoms with Gasteiger partial charge in [-0.15, -0.1) is 11.3 Å². The van der Waals surface area contributed by atoms with Crippen molar-refractivity contribution in [1.82, 2.24) is 10.3 Å². The number of thiazole rings is 1. The lowest BCUT2D eigenvalue weighted by Crippen LogP contribution is -2.22. The summed E-state index contributed by atoms with van der Waals surface area (Å²) in [5.41, 5.74) is 1.19. The van der Waals surface area contributed by atoms with Crippen LogP contribution in [0.5, 0.6) is 0 Å². The first-order chi connectivity index (χ1) is 7.77. The first-order valence-electron chi connectivity index (χ1n) is 5.92. The molecular formula is C12H22N2OS. The zero-order chi connectivity index (χ0) is 11.8. The molecule has 0 aromatic carbocycles. The van der Waals surface area contributed by atoms with E-state index in [0.717, 1.165) is 37.4 Å². The van der Waals surface area contributed by atoms with E-state index in [-0.39, 0.29) is 0 Å². The summed E-state index contributed by atoms with van der Waals surface area (Å²) in [6.07, 6.45) is 3.33. The fourth-order valence-electron chi connectivity index (χ4n) is 1.65. The van der Waals surface area contributed by atoms with Crippen molar-refractivity contribution in [2.24, 2.45) is 0 Å².